The van der Waals surface area contributed by atoms with Gasteiger partial charge in [0.2, 0.25) is 0 Å². The SMILES string of the molecule is CN(CCC(=O)O)CCC1CC(=S)CN1. The Morgan fingerprint density at radius 2 is 2.40 bits per heavy atom. The van der Waals surface area contributed by atoms with E-state index in [1.807, 2.05) is 7.05 Å². The summed E-state index contributed by atoms with van der Waals surface area (Å²) in [6.45, 7) is 2.40. The Hall–Kier alpha value is -0.520. The lowest BCUT2D eigenvalue weighted by molar-refractivity contribution is -0.137. The summed E-state index contributed by atoms with van der Waals surface area (Å²) in [6.07, 6.45) is 2.24. The van der Waals surface area contributed by atoms with E-state index in [1.165, 1.54) is 0 Å². The van der Waals surface area contributed by atoms with Crippen molar-refractivity contribution in [1.29, 1.82) is 0 Å². The van der Waals surface area contributed by atoms with Crippen LogP contribution in [0.1, 0.15) is 19.3 Å². The van der Waals surface area contributed by atoms with E-state index < -0.39 is 5.97 Å². The van der Waals surface area contributed by atoms with Gasteiger partial charge in [-0.15, -0.1) is 0 Å². The van der Waals surface area contributed by atoms with Gasteiger partial charge in [0, 0.05) is 24.0 Å². The van der Waals surface area contributed by atoms with Gasteiger partial charge in [-0.05, 0) is 26.4 Å². The first kappa shape index (κ1) is 12.5. The third-order valence-corrected chi connectivity index (χ3v) is 2.94. The molecule has 0 aromatic carbocycles. The molecule has 0 aromatic rings. The van der Waals surface area contributed by atoms with E-state index >= 15 is 0 Å². The van der Waals surface area contributed by atoms with Crippen LogP contribution in [0.25, 0.3) is 0 Å². The normalized spacial score (nSPS) is 21.2. The van der Waals surface area contributed by atoms with Crippen LogP contribution < -0.4 is 5.32 Å². The highest BCUT2D eigenvalue weighted by atomic mass is 32.1. The Balaban J connectivity index is 2.08. The Morgan fingerprint density at radius 3 is 2.93 bits per heavy atom. The van der Waals surface area contributed by atoms with E-state index in [0.29, 0.717) is 12.6 Å². The summed E-state index contributed by atoms with van der Waals surface area (Å²) < 4.78 is 0. The zero-order valence-corrected chi connectivity index (χ0v) is 9.85. The lowest BCUT2D eigenvalue weighted by atomic mass is 10.1. The van der Waals surface area contributed by atoms with Crippen molar-refractivity contribution in [3.63, 3.8) is 0 Å². The van der Waals surface area contributed by atoms with Gasteiger partial charge in [-0.2, -0.15) is 0 Å². The van der Waals surface area contributed by atoms with Crippen LogP contribution in [-0.2, 0) is 4.79 Å². The maximum absolute atomic E-state index is 10.4. The lowest BCUT2D eigenvalue weighted by Gasteiger charge is -2.17. The van der Waals surface area contributed by atoms with E-state index in [0.717, 1.165) is 30.8 Å². The summed E-state index contributed by atoms with van der Waals surface area (Å²) in [5.41, 5.74) is 0. The summed E-state index contributed by atoms with van der Waals surface area (Å²) in [5.74, 6) is -0.734. The van der Waals surface area contributed by atoms with Crippen LogP contribution in [0.4, 0.5) is 0 Å². The molecule has 0 spiro atoms. The summed E-state index contributed by atoms with van der Waals surface area (Å²) in [4.78, 5) is 13.5. The molecule has 15 heavy (non-hydrogen) atoms. The number of carboxylic acid groups (broad SMARTS) is 1. The highest BCUT2D eigenvalue weighted by Gasteiger charge is 2.18. The fourth-order valence-corrected chi connectivity index (χ4v) is 1.94. The second-order valence-corrected chi connectivity index (χ2v) is 4.63. The molecular weight excluding hydrogens is 212 g/mol. The number of hydrogen-bond donors (Lipinski definition) is 2. The van der Waals surface area contributed by atoms with Crippen LogP contribution in [0.2, 0.25) is 0 Å². The fraction of sp³-hybridized carbons (Fsp3) is 0.800. The zero-order valence-electron chi connectivity index (χ0n) is 9.03. The predicted molar refractivity (Wildman–Crippen MR) is 63.4 cm³/mol. The summed E-state index contributed by atoms with van der Waals surface area (Å²) in [7, 11) is 1.95. The molecule has 1 rings (SSSR count). The second-order valence-electron chi connectivity index (χ2n) is 4.06. The van der Waals surface area contributed by atoms with Crippen molar-refractivity contribution in [1.82, 2.24) is 10.2 Å². The molecule has 5 heteroatoms. The second kappa shape index (κ2) is 6.15. The third kappa shape index (κ3) is 5.20. The first-order valence-electron chi connectivity index (χ1n) is 5.23. The van der Waals surface area contributed by atoms with Crippen LogP contribution >= 0.6 is 12.2 Å². The third-order valence-electron chi connectivity index (χ3n) is 2.63. The molecule has 0 aromatic heterocycles. The molecular formula is C10H18N2O2S. The number of hydrogen-bond acceptors (Lipinski definition) is 4. The van der Waals surface area contributed by atoms with E-state index in [4.69, 9.17) is 17.3 Å². The van der Waals surface area contributed by atoms with Crippen molar-refractivity contribution in [2.45, 2.75) is 25.3 Å². The van der Waals surface area contributed by atoms with Crippen molar-refractivity contribution >= 4 is 23.1 Å². The van der Waals surface area contributed by atoms with Gasteiger partial charge in [-0.25, -0.2) is 0 Å². The first-order chi connectivity index (χ1) is 7.08. The molecule has 0 bridgehead atoms. The monoisotopic (exact) mass is 230 g/mol. The molecule has 1 fully saturated rings. The number of nitrogens with one attached hydrogen (secondary N) is 1. The van der Waals surface area contributed by atoms with Crippen LogP contribution in [0, 0.1) is 0 Å². The fourth-order valence-electron chi connectivity index (χ4n) is 1.66. The zero-order chi connectivity index (χ0) is 11.3. The Morgan fingerprint density at radius 1 is 1.67 bits per heavy atom. The van der Waals surface area contributed by atoms with Gasteiger partial charge < -0.3 is 15.3 Å². The lowest BCUT2D eigenvalue weighted by Crippen LogP contribution is -2.29. The molecule has 0 amide bonds. The molecule has 1 atom stereocenters. The number of rotatable bonds is 6. The van der Waals surface area contributed by atoms with E-state index in [9.17, 15) is 4.79 Å². The van der Waals surface area contributed by atoms with Gasteiger partial charge in [0.1, 0.15) is 0 Å². The molecule has 1 aliphatic heterocycles. The molecule has 1 unspecified atom stereocenters. The number of carbonyl (C=O) groups is 1. The minimum absolute atomic E-state index is 0.215. The van der Waals surface area contributed by atoms with Crippen LogP contribution in [-0.4, -0.2) is 53.6 Å². The molecule has 1 aliphatic rings. The quantitative estimate of drug-likeness (QED) is 0.651. The van der Waals surface area contributed by atoms with Crippen LogP contribution in [0.3, 0.4) is 0 Å². The molecule has 0 radical (unpaired) electrons. The Kier molecular flexibility index (Phi) is 5.14. The highest BCUT2D eigenvalue weighted by Crippen LogP contribution is 2.07. The standard InChI is InChI=1S/C10H18N2O2S/c1-12(5-3-10(13)14)4-2-8-6-9(15)7-11-8/h8,11H,2-7H2,1H3,(H,13,14). The van der Waals surface area contributed by atoms with Crippen molar-refractivity contribution < 1.29 is 9.90 Å². The molecule has 86 valence electrons. The van der Waals surface area contributed by atoms with Crippen LogP contribution in [0.5, 0.6) is 0 Å². The van der Waals surface area contributed by atoms with Gasteiger partial charge in [0.15, 0.2) is 0 Å². The van der Waals surface area contributed by atoms with E-state index in [-0.39, 0.29) is 6.42 Å². The van der Waals surface area contributed by atoms with E-state index in [1.54, 1.807) is 0 Å². The predicted octanol–water partition coefficient (Wildman–Crippen LogP) is 0.515. The minimum atomic E-state index is -0.734. The van der Waals surface area contributed by atoms with Gasteiger partial charge in [0.25, 0.3) is 0 Å². The molecule has 2 N–H and O–H groups in total. The Labute approximate surface area is 95.6 Å². The average Bonchev–Trinajstić information content (AvgIpc) is 2.58. The first-order valence-corrected chi connectivity index (χ1v) is 5.64. The van der Waals surface area contributed by atoms with Crippen molar-refractivity contribution in [2.24, 2.45) is 0 Å². The number of carboxylic acids is 1. The maximum atomic E-state index is 10.4. The summed E-state index contributed by atoms with van der Waals surface area (Å²) >= 11 is 5.11. The largest absolute Gasteiger partial charge is 0.481 e. The molecule has 0 aliphatic carbocycles. The number of aliphatic carboxylic acids is 1. The van der Waals surface area contributed by atoms with Crippen LogP contribution in [0.15, 0.2) is 0 Å². The molecule has 1 saturated heterocycles. The van der Waals surface area contributed by atoms with Crippen molar-refractivity contribution in [3.05, 3.63) is 0 Å². The maximum Gasteiger partial charge on any atom is 0.304 e. The summed E-state index contributed by atoms with van der Waals surface area (Å²) in [5, 5.41) is 11.9. The smallest absolute Gasteiger partial charge is 0.304 e. The topological polar surface area (TPSA) is 52.6 Å². The molecule has 0 saturated carbocycles. The number of thiocarbonyl (C=S) groups is 1. The van der Waals surface area contributed by atoms with Gasteiger partial charge in [-0.3, -0.25) is 4.79 Å². The van der Waals surface area contributed by atoms with Gasteiger partial charge in [0.05, 0.1) is 6.42 Å². The minimum Gasteiger partial charge on any atom is -0.481 e. The van der Waals surface area contributed by atoms with Gasteiger partial charge >= 0.3 is 5.97 Å². The number of nitrogens with zero attached hydrogens (tertiary/aromatic N) is 1. The van der Waals surface area contributed by atoms with E-state index in [2.05, 4.69) is 10.2 Å². The molecule has 4 nitrogen and oxygen atoms in total. The Bertz CT molecular complexity index is 246. The van der Waals surface area contributed by atoms with Crippen molar-refractivity contribution in [3.8, 4) is 0 Å². The summed E-state index contributed by atoms with van der Waals surface area (Å²) in [6, 6.07) is 0.491. The molecule has 1 heterocycles. The highest BCUT2D eigenvalue weighted by molar-refractivity contribution is 7.80. The van der Waals surface area contributed by atoms with Gasteiger partial charge in [-0.1, -0.05) is 12.2 Å². The average molecular weight is 230 g/mol. The van der Waals surface area contributed by atoms with Crippen molar-refractivity contribution in [2.75, 3.05) is 26.7 Å².